The highest BCUT2D eigenvalue weighted by atomic mass is 35.5. The first-order valence-corrected chi connectivity index (χ1v) is 6.42. The maximum Gasteiger partial charge on any atom is 0.140 e. The fourth-order valence-corrected chi connectivity index (χ4v) is 2.45. The minimum atomic E-state index is -0.480. The lowest BCUT2D eigenvalue weighted by molar-refractivity contribution is 0.151. The molecule has 17 heavy (non-hydrogen) atoms. The van der Waals surface area contributed by atoms with Crippen LogP contribution in [0.5, 0.6) is 5.75 Å². The van der Waals surface area contributed by atoms with Crippen LogP contribution >= 0.6 is 11.6 Å². The Bertz CT molecular complexity index is 422. The standard InChI is InChI=1S/C14H19ClO2/c1-9(2)11-6-10(8-14(16)4-5-14)7-12(15)13(11)17-3/h6-7,9,16H,4-5,8H2,1-3H3. The molecule has 0 atom stereocenters. The molecule has 1 fully saturated rings. The van der Waals surface area contributed by atoms with Gasteiger partial charge in [0.15, 0.2) is 0 Å². The maximum atomic E-state index is 9.95. The zero-order chi connectivity index (χ0) is 12.6. The number of benzene rings is 1. The van der Waals surface area contributed by atoms with Gasteiger partial charge in [0.1, 0.15) is 5.75 Å². The van der Waals surface area contributed by atoms with E-state index in [4.69, 9.17) is 16.3 Å². The molecule has 3 heteroatoms. The zero-order valence-electron chi connectivity index (χ0n) is 10.6. The normalized spacial score (nSPS) is 17.3. The Labute approximate surface area is 108 Å². The van der Waals surface area contributed by atoms with Crippen molar-refractivity contribution in [2.75, 3.05) is 7.11 Å². The molecule has 0 aromatic heterocycles. The Balaban J connectivity index is 2.35. The average molecular weight is 255 g/mol. The number of aliphatic hydroxyl groups is 1. The van der Waals surface area contributed by atoms with E-state index in [2.05, 4.69) is 19.9 Å². The second-order valence-electron chi connectivity index (χ2n) is 5.26. The van der Waals surface area contributed by atoms with Gasteiger partial charge in [0, 0.05) is 6.42 Å². The average Bonchev–Trinajstić information content (AvgIpc) is 2.95. The van der Waals surface area contributed by atoms with Crippen LogP contribution in [0.3, 0.4) is 0 Å². The van der Waals surface area contributed by atoms with Gasteiger partial charge in [-0.1, -0.05) is 31.5 Å². The van der Waals surface area contributed by atoms with Gasteiger partial charge < -0.3 is 9.84 Å². The summed E-state index contributed by atoms with van der Waals surface area (Å²) in [5.41, 5.74) is 1.73. The third-order valence-corrected chi connectivity index (χ3v) is 3.60. The predicted molar refractivity (Wildman–Crippen MR) is 70.0 cm³/mol. The molecule has 2 nitrogen and oxygen atoms in total. The molecule has 1 aromatic carbocycles. The van der Waals surface area contributed by atoms with Crippen LogP contribution < -0.4 is 4.74 Å². The predicted octanol–water partition coefficient (Wildman–Crippen LogP) is 3.54. The molecule has 0 radical (unpaired) electrons. The Morgan fingerprint density at radius 2 is 2.06 bits per heavy atom. The lowest BCUT2D eigenvalue weighted by Crippen LogP contribution is -2.11. The fourth-order valence-electron chi connectivity index (χ4n) is 2.12. The minimum Gasteiger partial charge on any atom is -0.495 e. The third-order valence-electron chi connectivity index (χ3n) is 3.32. The summed E-state index contributed by atoms with van der Waals surface area (Å²) in [6.45, 7) is 4.23. The largest absolute Gasteiger partial charge is 0.495 e. The van der Waals surface area contributed by atoms with E-state index in [0.717, 1.165) is 29.7 Å². The van der Waals surface area contributed by atoms with Crippen LogP contribution in [0.4, 0.5) is 0 Å². The topological polar surface area (TPSA) is 29.5 Å². The van der Waals surface area contributed by atoms with E-state index in [0.29, 0.717) is 17.4 Å². The first kappa shape index (κ1) is 12.7. The van der Waals surface area contributed by atoms with Gasteiger partial charge in [-0.25, -0.2) is 0 Å². The number of hydrogen-bond donors (Lipinski definition) is 1. The highest BCUT2D eigenvalue weighted by Gasteiger charge is 2.40. The summed E-state index contributed by atoms with van der Waals surface area (Å²) in [7, 11) is 1.64. The molecule has 0 aliphatic heterocycles. The second kappa shape index (κ2) is 4.51. The first-order valence-electron chi connectivity index (χ1n) is 6.04. The number of ether oxygens (including phenoxy) is 1. The van der Waals surface area contributed by atoms with Gasteiger partial charge in [0.05, 0.1) is 17.7 Å². The molecular weight excluding hydrogens is 236 g/mol. The van der Waals surface area contributed by atoms with Gasteiger partial charge in [-0.15, -0.1) is 0 Å². The summed E-state index contributed by atoms with van der Waals surface area (Å²) in [4.78, 5) is 0. The molecule has 94 valence electrons. The third kappa shape index (κ3) is 2.75. The number of methoxy groups -OCH3 is 1. The van der Waals surface area contributed by atoms with Crippen molar-refractivity contribution in [3.05, 3.63) is 28.3 Å². The van der Waals surface area contributed by atoms with E-state index in [1.54, 1.807) is 7.11 Å². The Hall–Kier alpha value is -0.730. The lowest BCUT2D eigenvalue weighted by atomic mass is 9.96. The highest BCUT2D eigenvalue weighted by molar-refractivity contribution is 6.32. The van der Waals surface area contributed by atoms with Crippen molar-refractivity contribution in [3.63, 3.8) is 0 Å². The van der Waals surface area contributed by atoms with E-state index in [1.807, 2.05) is 6.07 Å². The van der Waals surface area contributed by atoms with Crippen molar-refractivity contribution in [2.24, 2.45) is 0 Å². The number of hydrogen-bond acceptors (Lipinski definition) is 2. The molecule has 1 aliphatic rings. The smallest absolute Gasteiger partial charge is 0.140 e. The first-order chi connectivity index (χ1) is 7.95. The van der Waals surface area contributed by atoms with Crippen LogP contribution in [0.15, 0.2) is 12.1 Å². The molecule has 0 saturated heterocycles. The molecule has 0 unspecified atom stereocenters. The SMILES string of the molecule is COc1c(Cl)cc(CC2(O)CC2)cc1C(C)C. The van der Waals surface area contributed by atoms with Crippen molar-refractivity contribution < 1.29 is 9.84 Å². The quantitative estimate of drug-likeness (QED) is 0.891. The van der Waals surface area contributed by atoms with Crippen LogP contribution in [0.1, 0.15) is 43.7 Å². The molecule has 1 N–H and O–H groups in total. The van der Waals surface area contributed by atoms with Crippen molar-refractivity contribution in [2.45, 2.75) is 44.6 Å². The molecule has 0 amide bonds. The maximum absolute atomic E-state index is 9.95. The van der Waals surface area contributed by atoms with Gasteiger partial charge in [0.25, 0.3) is 0 Å². The number of halogens is 1. The summed E-state index contributed by atoms with van der Waals surface area (Å²) in [5, 5.41) is 10.6. The Kier molecular flexibility index (Phi) is 3.37. The zero-order valence-corrected chi connectivity index (χ0v) is 11.3. The summed E-state index contributed by atoms with van der Waals surface area (Å²) in [5.74, 6) is 1.12. The lowest BCUT2D eigenvalue weighted by Gasteiger charge is -2.16. The van der Waals surface area contributed by atoms with Crippen molar-refractivity contribution in [1.29, 1.82) is 0 Å². The number of rotatable bonds is 4. The summed E-state index contributed by atoms with van der Waals surface area (Å²) >= 11 is 6.22. The van der Waals surface area contributed by atoms with E-state index < -0.39 is 5.60 Å². The second-order valence-corrected chi connectivity index (χ2v) is 5.66. The van der Waals surface area contributed by atoms with Crippen LogP contribution in [-0.4, -0.2) is 17.8 Å². The molecule has 0 bridgehead atoms. The molecule has 2 rings (SSSR count). The van der Waals surface area contributed by atoms with Gasteiger partial charge in [-0.2, -0.15) is 0 Å². The summed E-state index contributed by atoms with van der Waals surface area (Å²) in [6, 6.07) is 4.01. The van der Waals surface area contributed by atoms with Crippen molar-refractivity contribution >= 4 is 11.6 Å². The fraction of sp³-hybridized carbons (Fsp3) is 0.571. The van der Waals surface area contributed by atoms with Crippen LogP contribution in [0.25, 0.3) is 0 Å². The van der Waals surface area contributed by atoms with Gasteiger partial charge in [-0.05, 0) is 36.0 Å². The molecule has 1 aromatic rings. The van der Waals surface area contributed by atoms with E-state index >= 15 is 0 Å². The van der Waals surface area contributed by atoms with Gasteiger partial charge >= 0.3 is 0 Å². The molecule has 0 heterocycles. The van der Waals surface area contributed by atoms with Crippen molar-refractivity contribution in [3.8, 4) is 5.75 Å². The van der Waals surface area contributed by atoms with E-state index in [-0.39, 0.29) is 0 Å². The van der Waals surface area contributed by atoms with Gasteiger partial charge in [0.2, 0.25) is 0 Å². The van der Waals surface area contributed by atoms with E-state index in [9.17, 15) is 5.11 Å². The molecule has 1 saturated carbocycles. The Morgan fingerprint density at radius 3 is 2.53 bits per heavy atom. The van der Waals surface area contributed by atoms with Crippen LogP contribution in [0, 0.1) is 0 Å². The van der Waals surface area contributed by atoms with Crippen LogP contribution in [0.2, 0.25) is 5.02 Å². The monoisotopic (exact) mass is 254 g/mol. The minimum absolute atomic E-state index is 0.358. The van der Waals surface area contributed by atoms with E-state index in [1.165, 1.54) is 0 Å². The molecule has 0 spiro atoms. The summed E-state index contributed by atoms with van der Waals surface area (Å²) in [6.07, 6.45) is 2.48. The van der Waals surface area contributed by atoms with Gasteiger partial charge in [-0.3, -0.25) is 0 Å². The summed E-state index contributed by atoms with van der Waals surface area (Å²) < 4.78 is 5.34. The molecule has 1 aliphatic carbocycles. The molecular formula is C14H19ClO2. The highest BCUT2D eigenvalue weighted by Crippen LogP contribution is 2.41. The Morgan fingerprint density at radius 1 is 1.41 bits per heavy atom. The van der Waals surface area contributed by atoms with Crippen LogP contribution in [-0.2, 0) is 6.42 Å². The van der Waals surface area contributed by atoms with Crippen molar-refractivity contribution in [1.82, 2.24) is 0 Å².